The highest BCUT2D eigenvalue weighted by molar-refractivity contribution is 7.98. The number of aromatic hydroxyl groups is 1. The summed E-state index contributed by atoms with van der Waals surface area (Å²) in [5.41, 5.74) is 0. The molecule has 19 heavy (non-hydrogen) atoms. The van der Waals surface area contributed by atoms with Crippen LogP contribution < -0.4 is 0 Å². The van der Waals surface area contributed by atoms with Crippen LogP contribution in [-0.2, 0) is 5.75 Å². The van der Waals surface area contributed by atoms with E-state index in [9.17, 15) is 5.11 Å². The first-order valence-electron chi connectivity index (χ1n) is 5.54. The maximum absolute atomic E-state index is 9.40. The Morgan fingerprint density at radius 1 is 1.26 bits per heavy atom. The van der Waals surface area contributed by atoms with Crippen LogP contribution in [0.4, 0.5) is 0 Å². The van der Waals surface area contributed by atoms with Gasteiger partial charge in [0.15, 0.2) is 0 Å². The van der Waals surface area contributed by atoms with Crippen molar-refractivity contribution in [2.45, 2.75) is 10.6 Å². The number of fused-ring (bicyclic) bond motifs is 1. The van der Waals surface area contributed by atoms with Crippen LogP contribution in [0.5, 0.6) is 5.75 Å². The van der Waals surface area contributed by atoms with Gasteiger partial charge in [-0.05, 0) is 29.6 Å². The number of benzene rings is 1. The van der Waals surface area contributed by atoms with Gasteiger partial charge >= 0.3 is 0 Å². The largest absolute Gasteiger partial charge is 0.508 e. The van der Waals surface area contributed by atoms with Crippen LogP contribution in [0.15, 0.2) is 40.6 Å². The van der Waals surface area contributed by atoms with Gasteiger partial charge in [-0.15, -0.1) is 23.1 Å². The Bertz CT molecular complexity index is 729. The third-order valence-corrected chi connectivity index (χ3v) is 4.59. The first kappa shape index (κ1) is 12.7. The van der Waals surface area contributed by atoms with Crippen molar-refractivity contribution in [3.8, 4) is 5.75 Å². The molecule has 0 saturated heterocycles. The molecule has 0 radical (unpaired) electrons. The van der Waals surface area contributed by atoms with Gasteiger partial charge in [0.2, 0.25) is 0 Å². The van der Waals surface area contributed by atoms with Crippen molar-refractivity contribution >= 4 is 44.9 Å². The Kier molecular flexibility index (Phi) is 3.59. The Hall–Kier alpha value is -1.30. The van der Waals surface area contributed by atoms with Gasteiger partial charge in [-0.1, -0.05) is 17.7 Å². The molecular formula is C13H9ClN2OS2. The number of phenolic OH excluding ortho intramolecular Hbond substituents is 1. The van der Waals surface area contributed by atoms with Crippen molar-refractivity contribution in [3.63, 3.8) is 0 Å². The van der Waals surface area contributed by atoms with E-state index in [1.165, 1.54) is 0 Å². The molecule has 3 aromatic rings. The molecule has 0 atom stereocenters. The van der Waals surface area contributed by atoms with E-state index in [0.29, 0.717) is 16.7 Å². The lowest BCUT2D eigenvalue weighted by molar-refractivity contribution is 0.474. The summed E-state index contributed by atoms with van der Waals surface area (Å²) in [5.74, 6) is 1.59. The molecule has 0 amide bonds. The van der Waals surface area contributed by atoms with Crippen molar-refractivity contribution in [2.75, 3.05) is 0 Å². The van der Waals surface area contributed by atoms with E-state index < -0.39 is 0 Å². The molecule has 3 nitrogen and oxygen atoms in total. The fourth-order valence-electron chi connectivity index (χ4n) is 1.65. The van der Waals surface area contributed by atoms with Gasteiger partial charge in [0.1, 0.15) is 21.6 Å². The SMILES string of the molecule is Oc1cccc(SCc2nc(Cl)c3ccsc3n2)c1. The number of aromatic nitrogens is 2. The topological polar surface area (TPSA) is 46.0 Å². The van der Waals surface area contributed by atoms with Gasteiger partial charge in [0.05, 0.1) is 5.75 Å². The van der Waals surface area contributed by atoms with Crippen molar-refractivity contribution < 1.29 is 5.11 Å². The van der Waals surface area contributed by atoms with E-state index in [2.05, 4.69) is 9.97 Å². The number of phenols is 1. The van der Waals surface area contributed by atoms with Crippen LogP contribution in [0.2, 0.25) is 5.15 Å². The third kappa shape index (κ3) is 2.83. The zero-order valence-electron chi connectivity index (χ0n) is 9.71. The molecule has 96 valence electrons. The summed E-state index contributed by atoms with van der Waals surface area (Å²) in [6.07, 6.45) is 0. The number of halogens is 1. The number of rotatable bonds is 3. The predicted molar refractivity (Wildman–Crippen MR) is 80.1 cm³/mol. The van der Waals surface area contributed by atoms with E-state index in [4.69, 9.17) is 11.6 Å². The monoisotopic (exact) mass is 308 g/mol. The number of nitrogens with zero attached hydrogens (tertiary/aromatic N) is 2. The molecule has 0 saturated carbocycles. The summed E-state index contributed by atoms with van der Waals surface area (Å²) in [6.45, 7) is 0. The molecule has 6 heteroatoms. The van der Waals surface area contributed by atoms with Crippen LogP contribution in [0, 0.1) is 0 Å². The second-order valence-corrected chi connectivity index (χ2v) is 6.16. The van der Waals surface area contributed by atoms with Gasteiger partial charge in [-0.3, -0.25) is 0 Å². The maximum Gasteiger partial charge on any atom is 0.142 e. The summed E-state index contributed by atoms with van der Waals surface area (Å²) in [7, 11) is 0. The molecule has 0 aliphatic carbocycles. The maximum atomic E-state index is 9.40. The lowest BCUT2D eigenvalue weighted by Crippen LogP contribution is -1.92. The predicted octanol–water partition coefficient (Wildman–Crippen LogP) is 4.34. The average Bonchev–Trinajstić information content (AvgIpc) is 2.85. The number of thiophene rings is 1. The molecule has 0 unspecified atom stereocenters. The standard InChI is InChI=1S/C13H9ClN2OS2/c14-12-10-4-5-18-13(10)16-11(15-12)7-19-9-3-1-2-8(17)6-9/h1-6,17H,7H2. The number of hydrogen-bond acceptors (Lipinski definition) is 5. The van der Waals surface area contributed by atoms with Gasteiger partial charge in [0, 0.05) is 10.3 Å². The van der Waals surface area contributed by atoms with Gasteiger partial charge < -0.3 is 5.11 Å². The summed E-state index contributed by atoms with van der Waals surface area (Å²) >= 11 is 9.24. The molecule has 2 heterocycles. The molecule has 0 aliphatic rings. The normalized spacial score (nSPS) is 11.0. The van der Waals surface area contributed by atoms with Crippen molar-refractivity contribution in [3.05, 3.63) is 46.7 Å². The summed E-state index contributed by atoms with van der Waals surface area (Å²) < 4.78 is 0. The molecule has 0 fully saturated rings. The summed E-state index contributed by atoms with van der Waals surface area (Å²) in [6, 6.07) is 9.04. The van der Waals surface area contributed by atoms with Gasteiger partial charge in [0.25, 0.3) is 0 Å². The van der Waals surface area contributed by atoms with Gasteiger partial charge in [-0.25, -0.2) is 9.97 Å². The van der Waals surface area contributed by atoms with E-state index >= 15 is 0 Å². The molecule has 1 aromatic carbocycles. The molecule has 0 aliphatic heterocycles. The zero-order valence-corrected chi connectivity index (χ0v) is 12.1. The lowest BCUT2D eigenvalue weighted by Gasteiger charge is -2.02. The van der Waals surface area contributed by atoms with Crippen LogP contribution in [-0.4, -0.2) is 15.1 Å². The smallest absolute Gasteiger partial charge is 0.142 e. The second-order valence-electron chi connectivity index (χ2n) is 3.86. The quantitative estimate of drug-likeness (QED) is 0.577. The van der Waals surface area contributed by atoms with Crippen molar-refractivity contribution in [1.29, 1.82) is 0 Å². The molecule has 2 aromatic heterocycles. The van der Waals surface area contributed by atoms with Crippen LogP contribution >= 0.6 is 34.7 Å². The average molecular weight is 309 g/mol. The molecule has 3 rings (SSSR count). The van der Waals surface area contributed by atoms with Crippen LogP contribution in [0.3, 0.4) is 0 Å². The highest BCUT2D eigenvalue weighted by Crippen LogP contribution is 2.28. The lowest BCUT2D eigenvalue weighted by atomic mass is 10.3. The van der Waals surface area contributed by atoms with E-state index in [0.717, 1.165) is 15.1 Å². The number of thioether (sulfide) groups is 1. The minimum absolute atomic E-state index is 0.262. The summed E-state index contributed by atoms with van der Waals surface area (Å²) in [4.78, 5) is 10.6. The van der Waals surface area contributed by atoms with E-state index in [1.54, 1.807) is 35.2 Å². The third-order valence-electron chi connectivity index (χ3n) is 2.51. The van der Waals surface area contributed by atoms with Gasteiger partial charge in [-0.2, -0.15) is 0 Å². The zero-order chi connectivity index (χ0) is 13.2. The Morgan fingerprint density at radius 2 is 2.16 bits per heavy atom. The van der Waals surface area contributed by atoms with Crippen molar-refractivity contribution in [2.24, 2.45) is 0 Å². The fourth-order valence-corrected chi connectivity index (χ4v) is 3.54. The Balaban J connectivity index is 1.81. The van der Waals surface area contributed by atoms with E-state index in [1.807, 2.05) is 23.6 Å². The molecular weight excluding hydrogens is 300 g/mol. The Labute approximate surface area is 123 Å². The first-order chi connectivity index (χ1) is 9.22. The number of hydrogen-bond donors (Lipinski definition) is 1. The first-order valence-corrected chi connectivity index (χ1v) is 7.78. The minimum Gasteiger partial charge on any atom is -0.508 e. The Morgan fingerprint density at radius 3 is 3.00 bits per heavy atom. The molecule has 0 bridgehead atoms. The molecule has 1 N–H and O–H groups in total. The highest BCUT2D eigenvalue weighted by atomic mass is 35.5. The minimum atomic E-state index is 0.262. The summed E-state index contributed by atoms with van der Waals surface area (Å²) in [5, 5.41) is 12.8. The van der Waals surface area contributed by atoms with Crippen molar-refractivity contribution in [1.82, 2.24) is 9.97 Å². The second kappa shape index (κ2) is 5.36. The highest BCUT2D eigenvalue weighted by Gasteiger charge is 2.07. The van der Waals surface area contributed by atoms with Crippen LogP contribution in [0.25, 0.3) is 10.2 Å². The van der Waals surface area contributed by atoms with E-state index in [-0.39, 0.29) is 5.75 Å². The molecule has 0 spiro atoms. The fraction of sp³-hybridized carbons (Fsp3) is 0.0769. The van der Waals surface area contributed by atoms with Crippen LogP contribution in [0.1, 0.15) is 5.82 Å².